The molecule has 21 heavy (non-hydrogen) atoms. The normalized spacial score (nSPS) is 29.0. The van der Waals surface area contributed by atoms with E-state index in [1.165, 1.54) is 31.7 Å². The number of halogens is 2. The van der Waals surface area contributed by atoms with Crippen LogP contribution in [0.2, 0.25) is 5.02 Å². The molecule has 3 unspecified atom stereocenters. The smallest absolute Gasteiger partial charge is 0.127 e. The van der Waals surface area contributed by atoms with Gasteiger partial charge in [-0.1, -0.05) is 37.4 Å². The van der Waals surface area contributed by atoms with E-state index < -0.39 is 0 Å². The molecule has 0 aromatic heterocycles. The molecule has 2 aliphatic rings. The van der Waals surface area contributed by atoms with Crippen LogP contribution >= 0.6 is 11.6 Å². The average molecular weight is 310 g/mol. The lowest BCUT2D eigenvalue weighted by Crippen LogP contribution is -2.35. The minimum Gasteiger partial charge on any atom is -0.313 e. The predicted octanol–water partition coefficient (Wildman–Crippen LogP) is 4.83. The van der Waals surface area contributed by atoms with Gasteiger partial charge in [0.25, 0.3) is 0 Å². The first-order valence-corrected chi connectivity index (χ1v) is 8.75. The summed E-state index contributed by atoms with van der Waals surface area (Å²) in [5, 5.41) is 4.16. The third-order valence-corrected chi connectivity index (χ3v) is 5.53. The Morgan fingerprint density at radius 2 is 2.00 bits per heavy atom. The van der Waals surface area contributed by atoms with Gasteiger partial charge in [-0.15, -0.1) is 0 Å². The van der Waals surface area contributed by atoms with Gasteiger partial charge < -0.3 is 5.32 Å². The summed E-state index contributed by atoms with van der Waals surface area (Å²) in [5.41, 5.74) is 0.802. The van der Waals surface area contributed by atoms with Crippen molar-refractivity contribution in [3.63, 3.8) is 0 Å². The van der Waals surface area contributed by atoms with Crippen LogP contribution in [0.15, 0.2) is 18.2 Å². The monoisotopic (exact) mass is 309 g/mol. The van der Waals surface area contributed by atoms with Crippen molar-refractivity contribution in [3.8, 4) is 0 Å². The van der Waals surface area contributed by atoms with E-state index in [9.17, 15) is 4.39 Å². The first-order chi connectivity index (χ1) is 10.2. The number of hydrogen-bond donors (Lipinski definition) is 1. The molecule has 0 spiro atoms. The highest BCUT2D eigenvalue weighted by molar-refractivity contribution is 6.30. The number of hydrogen-bond acceptors (Lipinski definition) is 1. The van der Waals surface area contributed by atoms with Crippen molar-refractivity contribution in [3.05, 3.63) is 34.6 Å². The highest BCUT2D eigenvalue weighted by atomic mass is 35.5. The lowest BCUT2D eigenvalue weighted by molar-refractivity contribution is 0.421. The lowest BCUT2D eigenvalue weighted by atomic mass is 9.99. The van der Waals surface area contributed by atoms with Crippen molar-refractivity contribution in [2.75, 3.05) is 6.54 Å². The van der Waals surface area contributed by atoms with Crippen molar-refractivity contribution >= 4 is 11.6 Å². The molecule has 3 atom stereocenters. The average Bonchev–Trinajstić information content (AvgIpc) is 3.20. The van der Waals surface area contributed by atoms with E-state index >= 15 is 0 Å². The SMILES string of the molecule is CCCNC(Cc1ccc(Cl)cc1F)C1C2CCCCC21. The molecule has 116 valence electrons. The Kier molecular flexibility index (Phi) is 4.85. The molecule has 2 aliphatic carbocycles. The summed E-state index contributed by atoms with van der Waals surface area (Å²) < 4.78 is 14.1. The third kappa shape index (κ3) is 3.43. The van der Waals surface area contributed by atoms with Crippen LogP contribution in [0.1, 0.15) is 44.6 Å². The minimum atomic E-state index is -0.158. The quantitative estimate of drug-likeness (QED) is 0.794. The van der Waals surface area contributed by atoms with Crippen molar-refractivity contribution < 1.29 is 4.39 Å². The van der Waals surface area contributed by atoms with E-state index in [2.05, 4.69) is 12.2 Å². The Morgan fingerprint density at radius 3 is 2.62 bits per heavy atom. The van der Waals surface area contributed by atoms with Crippen molar-refractivity contribution in [1.82, 2.24) is 5.32 Å². The van der Waals surface area contributed by atoms with Gasteiger partial charge >= 0.3 is 0 Å². The molecular formula is C18H25ClFN. The number of benzene rings is 1. The first-order valence-electron chi connectivity index (χ1n) is 8.38. The third-order valence-electron chi connectivity index (χ3n) is 5.30. The second-order valence-corrected chi connectivity index (χ2v) is 7.13. The molecule has 3 heteroatoms. The molecule has 0 bridgehead atoms. The van der Waals surface area contributed by atoms with E-state index in [0.29, 0.717) is 11.1 Å². The van der Waals surface area contributed by atoms with Crippen LogP contribution in [0.25, 0.3) is 0 Å². The molecular weight excluding hydrogens is 285 g/mol. The minimum absolute atomic E-state index is 0.158. The molecule has 0 radical (unpaired) electrons. The van der Waals surface area contributed by atoms with Crippen molar-refractivity contribution in [1.29, 1.82) is 0 Å². The summed E-state index contributed by atoms with van der Waals surface area (Å²) in [4.78, 5) is 0. The molecule has 1 aromatic rings. The Morgan fingerprint density at radius 1 is 1.29 bits per heavy atom. The van der Waals surface area contributed by atoms with Gasteiger partial charge in [0.2, 0.25) is 0 Å². The summed E-state index contributed by atoms with van der Waals surface area (Å²) in [6.07, 6.45) is 7.44. The Balaban J connectivity index is 1.70. The van der Waals surface area contributed by atoms with E-state index in [0.717, 1.165) is 42.7 Å². The van der Waals surface area contributed by atoms with Crippen molar-refractivity contribution in [2.24, 2.45) is 17.8 Å². The fourth-order valence-corrected chi connectivity index (χ4v) is 4.40. The molecule has 1 aromatic carbocycles. The van der Waals surface area contributed by atoms with Crippen LogP contribution in [-0.4, -0.2) is 12.6 Å². The summed E-state index contributed by atoms with van der Waals surface area (Å²) in [6, 6.07) is 5.52. The van der Waals surface area contributed by atoms with Gasteiger partial charge in [-0.3, -0.25) is 0 Å². The molecule has 0 aliphatic heterocycles. The van der Waals surface area contributed by atoms with Gasteiger partial charge in [0.15, 0.2) is 0 Å². The standard InChI is InChI=1S/C18H25ClFN/c1-2-9-21-17(18-14-5-3-4-6-15(14)18)10-12-7-8-13(19)11-16(12)20/h7-8,11,14-15,17-18,21H,2-6,9-10H2,1H3. The molecule has 1 N–H and O–H groups in total. The molecule has 3 rings (SSSR count). The van der Waals surface area contributed by atoms with Gasteiger partial charge in [0, 0.05) is 11.1 Å². The second-order valence-electron chi connectivity index (χ2n) is 6.69. The molecule has 2 fully saturated rings. The molecule has 0 heterocycles. The van der Waals surface area contributed by atoms with Gasteiger partial charge in [-0.2, -0.15) is 0 Å². The maximum Gasteiger partial charge on any atom is 0.127 e. The van der Waals surface area contributed by atoms with Gasteiger partial charge in [0.1, 0.15) is 5.82 Å². The van der Waals surface area contributed by atoms with Crippen LogP contribution in [-0.2, 0) is 6.42 Å². The Hall–Kier alpha value is -0.600. The zero-order valence-corrected chi connectivity index (χ0v) is 13.5. The first kappa shape index (κ1) is 15.3. The van der Waals surface area contributed by atoms with E-state index in [1.54, 1.807) is 6.07 Å². The summed E-state index contributed by atoms with van der Waals surface area (Å²) in [5.74, 6) is 2.38. The summed E-state index contributed by atoms with van der Waals surface area (Å²) in [7, 11) is 0. The van der Waals surface area contributed by atoms with Crippen molar-refractivity contribution in [2.45, 2.75) is 51.5 Å². The maximum atomic E-state index is 14.1. The number of rotatable bonds is 6. The van der Waals surface area contributed by atoms with Crippen LogP contribution in [0.5, 0.6) is 0 Å². The highest BCUT2D eigenvalue weighted by Crippen LogP contribution is 2.57. The summed E-state index contributed by atoms with van der Waals surface area (Å²) in [6.45, 7) is 3.21. The van der Waals surface area contributed by atoms with Gasteiger partial charge in [0.05, 0.1) is 0 Å². The van der Waals surface area contributed by atoms with E-state index in [1.807, 2.05) is 6.07 Å². The number of fused-ring (bicyclic) bond motifs is 1. The van der Waals surface area contributed by atoms with Crippen LogP contribution in [0, 0.1) is 23.6 Å². The zero-order valence-electron chi connectivity index (χ0n) is 12.7. The van der Waals surface area contributed by atoms with Crippen LogP contribution in [0.4, 0.5) is 4.39 Å². The molecule has 2 saturated carbocycles. The lowest BCUT2D eigenvalue weighted by Gasteiger charge is -2.20. The molecule has 1 nitrogen and oxygen atoms in total. The van der Waals surface area contributed by atoms with Gasteiger partial charge in [-0.25, -0.2) is 4.39 Å². The second kappa shape index (κ2) is 6.66. The van der Waals surface area contributed by atoms with E-state index in [4.69, 9.17) is 11.6 Å². The topological polar surface area (TPSA) is 12.0 Å². The maximum absolute atomic E-state index is 14.1. The predicted molar refractivity (Wildman–Crippen MR) is 86.1 cm³/mol. The van der Waals surface area contributed by atoms with Crippen LogP contribution in [0.3, 0.4) is 0 Å². The zero-order chi connectivity index (χ0) is 14.8. The largest absolute Gasteiger partial charge is 0.313 e. The van der Waals surface area contributed by atoms with Gasteiger partial charge in [-0.05, 0) is 67.7 Å². The Bertz CT molecular complexity index is 478. The Labute approximate surface area is 132 Å². The van der Waals surface area contributed by atoms with Crippen LogP contribution < -0.4 is 5.32 Å². The van der Waals surface area contributed by atoms with E-state index in [-0.39, 0.29) is 5.82 Å². The fraction of sp³-hybridized carbons (Fsp3) is 0.667. The fourth-order valence-electron chi connectivity index (χ4n) is 4.24. The highest BCUT2D eigenvalue weighted by Gasteiger charge is 2.53. The molecule has 0 amide bonds. The number of nitrogens with one attached hydrogen (secondary N) is 1. The molecule has 0 saturated heterocycles. The summed E-state index contributed by atoms with van der Waals surface area (Å²) >= 11 is 5.86.